The van der Waals surface area contributed by atoms with Gasteiger partial charge in [0, 0.05) is 31.6 Å². The molecule has 2 aromatic rings. The zero-order valence-electron chi connectivity index (χ0n) is 28.9. The van der Waals surface area contributed by atoms with Crippen molar-refractivity contribution in [3.8, 4) is 11.5 Å². The molecule has 3 heterocycles. The van der Waals surface area contributed by atoms with Crippen molar-refractivity contribution in [2.75, 3.05) is 46.2 Å². The van der Waals surface area contributed by atoms with Crippen molar-refractivity contribution in [2.24, 2.45) is 11.3 Å². The van der Waals surface area contributed by atoms with Gasteiger partial charge in [-0.05, 0) is 55.2 Å². The third-order valence-electron chi connectivity index (χ3n) is 9.39. The molecule has 2 amide bonds. The number of fused-ring (bicyclic) bond motifs is 2. The third kappa shape index (κ3) is 9.18. The Morgan fingerprint density at radius 3 is 2.60 bits per heavy atom. The number of sulfonamides is 1. The summed E-state index contributed by atoms with van der Waals surface area (Å²) in [5, 5.41) is 25.4. The summed E-state index contributed by atoms with van der Waals surface area (Å²) in [6.45, 7) is 6.52. The lowest BCUT2D eigenvalue weighted by atomic mass is 9.87. The Balaban J connectivity index is 1.42. The van der Waals surface area contributed by atoms with Gasteiger partial charge in [0.1, 0.15) is 0 Å². The molecule has 3 aliphatic heterocycles. The number of amides is 2. The van der Waals surface area contributed by atoms with Crippen LogP contribution in [0.5, 0.6) is 11.5 Å². The molecule has 3 N–H and O–H groups in total. The highest BCUT2D eigenvalue weighted by Crippen LogP contribution is 2.38. The third-order valence-corrected chi connectivity index (χ3v) is 11.2. The van der Waals surface area contributed by atoms with Crippen LogP contribution >= 0.6 is 0 Å². The van der Waals surface area contributed by atoms with E-state index in [1.165, 1.54) is 27.4 Å². The molecule has 0 spiro atoms. The van der Waals surface area contributed by atoms with Gasteiger partial charge in [0.25, 0.3) is 0 Å². The summed E-state index contributed by atoms with van der Waals surface area (Å²) < 4.78 is 57.5. The Hall–Kier alpha value is -3.63. The second kappa shape index (κ2) is 16.6. The maximum atomic E-state index is 14.4. The molecule has 2 fully saturated rings. The number of hydrogen-bond donors (Lipinski definition) is 3. The minimum absolute atomic E-state index is 0.00266. The van der Waals surface area contributed by atoms with Gasteiger partial charge in [0.15, 0.2) is 17.8 Å². The van der Waals surface area contributed by atoms with E-state index in [1.807, 2.05) is 51.1 Å². The lowest BCUT2D eigenvalue weighted by molar-refractivity contribution is -0.0906. The van der Waals surface area contributed by atoms with Gasteiger partial charge in [-0.15, -0.1) is 0 Å². The number of benzene rings is 2. The standard InChI is InChI=1S/C35H49N3O11S/c1-4-16-46-33(40)36-15-8-14-35(2,3)22-37(50(43,44)25-11-12-30-31(19-25)49-23-48-30)20-29(39)27(18-24-9-6-5-7-10-24)38(34(41)42)28-21-47-32-26(28)13-17-45-32/h5-7,9-12,19,26-29,32,39H,4,8,13-18,20-23H2,1-3H3,(H,36,40)(H,41,42)/t26-,27-,28-,29+,32+/m0/s1. The molecule has 2 aromatic carbocycles. The van der Waals surface area contributed by atoms with Crippen molar-refractivity contribution in [3.63, 3.8) is 0 Å². The van der Waals surface area contributed by atoms with Crippen molar-refractivity contribution in [1.82, 2.24) is 14.5 Å². The maximum Gasteiger partial charge on any atom is 0.407 e. The van der Waals surface area contributed by atoms with Crippen LogP contribution in [0.3, 0.4) is 0 Å². The smallest absolute Gasteiger partial charge is 0.407 e. The lowest BCUT2D eigenvalue weighted by Gasteiger charge is -2.40. The predicted octanol–water partition coefficient (Wildman–Crippen LogP) is 4.06. The normalized spacial score (nSPS) is 21.1. The van der Waals surface area contributed by atoms with Crippen LogP contribution in [0, 0.1) is 11.3 Å². The first-order chi connectivity index (χ1) is 23.9. The number of carboxylic acid groups (broad SMARTS) is 1. The number of alkyl carbamates (subject to hydrolysis) is 1. The fraction of sp³-hybridized carbons (Fsp3) is 0.600. The lowest BCUT2D eigenvalue weighted by Crippen LogP contribution is -2.58. The Kier molecular flexibility index (Phi) is 12.5. The fourth-order valence-corrected chi connectivity index (χ4v) is 8.52. The van der Waals surface area contributed by atoms with Crippen LogP contribution in [0.15, 0.2) is 53.4 Å². The van der Waals surface area contributed by atoms with E-state index < -0.39 is 52.1 Å². The molecule has 15 heteroatoms. The van der Waals surface area contributed by atoms with E-state index in [0.717, 1.165) is 5.56 Å². The zero-order valence-corrected chi connectivity index (χ0v) is 29.7. The molecule has 14 nitrogen and oxygen atoms in total. The quantitative estimate of drug-likeness (QED) is 0.201. The number of aliphatic hydroxyl groups is 1. The van der Waals surface area contributed by atoms with E-state index >= 15 is 0 Å². The largest absolute Gasteiger partial charge is 0.465 e. The summed E-state index contributed by atoms with van der Waals surface area (Å²) in [7, 11) is -4.25. The van der Waals surface area contributed by atoms with E-state index in [4.69, 9.17) is 23.7 Å². The maximum absolute atomic E-state index is 14.4. The van der Waals surface area contributed by atoms with Crippen molar-refractivity contribution in [1.29, 1.82) is 0 Å². The first-order valence-corrected chi connectivity index (χ1v) is 18.6. The number of ether oxygens (including phenoxy) is 5. The summed E-state index contributed by atoms with van der Waals surface area (Å²) in [5.41, 5.74) is 0.171. The van der Waals surface area contributed by atoms with Crippen LogP contribution in [0.25, 0.3) is 0 Å². The van der Waals surface area contributed by atoms with Crippen molar-refractivity contribution < 1.29 is 51.9 Å². The number of hydrogen-bond acceptors (Lipinski definition) is 10. The molecule has 0 bridgehead atoms. The van der Waals surface area contributed by atoms with Crippen LogP contribution < -0.4 is 14.8 Å². The number of carbonyl (C=O) groups is 2. The van der Waals surface area contributed by atoms with Gasteiger partial charge in [-0.25, -0.2) is 18.0 Å². The molecule has 5 atom stereocenters. The van der Waals surface area contributed by atoms with Crippen molar-refractivity contribution in [3.05, 3.63) is 54.1 Å². The summed E-state index contributed by atoms with van der Waals surface area (Å²) >= 11 is 0. The summed E-state index contributed by atoms with van der Waals surface area (Å²) in [6, 6.07) is 12.0. The molecular weight excluding hydrogens is 670 g/mol. The summed E-state index contributed by atoms with van der Waals surface area (Å²) in [6.07, 6.45) is -1.16. The van der Waals surface area contributed by atoms with Crippen LogP contribution in [0.4, 0.5) is 9.59 Å². The second-order valence-corrected chi connectivity index (χ2v) is 15.7. The van der Waals surface area contributed by atoms with Crippen LogP contribution in [0.2, 0.25) is 0 Å². The Morgan fingerprint density at radius 1 is 1.10 bits per heavy atom. The molecule has 0 radical (unpaired) electrons. The van der Waals surface area contributed by atoms with Gasteiger partial charge in [-0.1, -0.05) is 51.1 Å². The minimum atomic E-state index is -4.25. The van der Waals surface area contributed by atoms with Crippen molar-refractivity contribution in [2.45, 2.75) is 82.2 Å². The van der Waals surface area contributed by atoms with E-state index in [2.05, 4.69) is 5.32 Å². The Labute approximate surface area is 293 Å². The molecule has 0 saturated carbocycles. The second-order valence-electron chi connectivity index (χ2n) is 13.7. The molecular formula is C35H49N3O11S. The fourth-order valence-electron chi connectivity index (χ4n) is 6.86. The molecule has 276 valence electrons. The number of rotatable bonds is 17. The van der Waals surface area contributed by atoms with Crippen LogP contribution in [-0.4, -0.2) is 111 Å². The average molecular weight is 720 g/mol. The molecule has 3 aliphatic rings. The molecule has 50 heavy (non-hydrogen) atoms. The van der Waals surface area contributed by atoms with Gasteiger partial charge < -0.3 is 39.2 Å². The first-order valence-electron chi connectivity index (χ1n) is 17.2. The molecule has 5 rings (SSSR count). The number of nitrogens with one attached hydrogen (secondary N) is 1. The topological polar surface area (TPSA) is 173 Å². The molecule has 0 unspecified atom stereocenters. The Morgan fingerprint density at radius 2 is 1.86 bits per heavy atom. The van der Waals surface area contributed by atoms with Crippen LogP contribution in [0.1, 0.15) is 52.0 Å². The molecule has 0 aromatic heterocycles. The van der Waals surface area contributed by atoms with Gasteiger partial charge in [-0.3, -0.25) is 4.90 Å². The SMILES string of the molecule is CCCOC(=O)NCCCC(C)(C)CN(C[C@@H](O)[C@H](Cc1ccccc1)N(C(=O)O)[C@H]1CO[C@H]2OCC[C@H]21)S(=O)(=O)c1ccc2c(c1)OCO2. The number of carbonyl (C=O) groups excluding carboxylic acids is 1. The summed E-state index contributed by atoms with van der Waals surface area (Å²) in [5.74, 6) is 0.506. The van der Waals surface area contributed by atoms with E-state index in [0.29, 0.717) is 56.9 Å². The van der Waals surface area contributed by atoms with E-state index in [1.54, 1.807) is 0 Å². The van der Waals surface area contributed by atoms with Gasteiger partial charge in [0.2, 0.25) is 16.8 Å². The van der Waals surface area contributed by atoms with Gasteiger partial charge >= 0.3 is 12.2 Å². The predicted molar refractivity (Wildman–Crippen MR) is 181 cm³/mol. The van der Waals surface area contributed by atoms with E-state index in [-0.39, 0.29) is 43.7 Å². The van der Waals surface area contributed by atoms with Gasteiger partial charge in [0.05, 0.1) is 42.9 Å². The highest BCUT2D eigenvalue weighted by Gasteiger charge is 2.49. The van der Waals surface area contributed by atoms with Gasteiger partial charge in [-0.2, -0.15) is 4.31 Å². The zero-order chi connectivity index (χ0) is 35.9. The highest BCUT2D eigenvalue weighted by atomic mass is 32.2. The average Bonchev–Trinajstić information content (AvgIpc) is 3.84. The Bertz CT molecular complexity index is 1560. The van der Waals surface area contributed by atoms with Crippen molar-refractivity contribution >= 4 is 22.2 Å². The molecule has 2 saturated heterocycles. The molecule has 0 aliphatic carbocycles. The summed E-state index contributed by atoms with van der Waals surface area (Å²) in [4.78, 5) is 26.1. The van der Waals surface area contributed by atoms with Crippen LogP contribution in [-0.2, 0) is 30.7 Å². The monoisotopic (exact) mass is 719 g/mol. The number of aliphatic hydroxyl groups excluding tert-OH is 1. The minimum Gasteiger partial charge on any atom is -0.465 e. The first kappa shape index (κ1) is 37.6. The highest BCUT2D eigenvalue weighted by molar-refractivity contribution is 7.89. The number of nitrogens with zero attached hydrogens (tertiary/aromatic N) is 2. The van der Waals surface area contributed by atoms with E-state index in [9.17, 15) is 28.2 Å².